The Balaban J connectivity index is 1.96. The summed E-state index contributed by atoms with van der Waals surface area (Å²) in [6.45, 7) is 0.136. The number of sulfonamides is 1. The van der Waals surface area contributed by atoms with Crippen LogP contribution in [-0.2, 0) is 21.4 Å². The predicted molar refractivity (Wildman–Crippen MR) is 96.8 cm³/mol. The topological polar surface area (TPSA) is 79.6 Å². The van der Waals surface area contributed by atoms with Crippen LogP contribution in [0.4, 0.5) is 5.69 Å². The Morgan fingerprint density at radius 1 is 1.33 bits per heavy atom. The Hall–Kier alpha value is -1.90. The quantitative estimate of drug-likeness (QED) is 0.739. The van der Waals surface area contributed by atoms with Crippen LogP contribution in [0.5, 0.6) is 0 Å². The number of benzene rings is 1. The summed E-state index contributed by atoms with van der Waals surface area (Å²) in [7, 11) is -1.80. The first-order valence-corrected chi connectivity index (χ1v) is 9.63. The zero-order chi connectivity index (χ0) is 17.7. The van der Waals surface area contributed by atoms with Gasteiger partial charge in [-0.3, -0.25) is 4.79 Å². The van der Waals surface area contributed by atoms with Gasteiger partial charge in [0.1, 0.15) is 11.5 Å². The second kappa shape index (κ2) is 7.78. The van der Waals surface area contributed by atoms with Gasteiger partial charge in [0.2, 0.25) is 15.9 Å². The third kappa shape index (κ3) is 5.63. The van der Waals surface area contributed by atoms with Crippen LogP contribution in [0.3, 0.4) is 0 Å². The molecule has 1 aromatic carbocycles. The highest BCUT2D eigenvalue weighted by Crippen LogP contribution is 2.16. The lowest BCUT2D eigenvalue weighted by Crippen LogP contribution is -2.24. The highest BCUT2D eigenvalue weighted by Gasteiger charge is 2.13. The van der Waals surface area contributed by atoms with Crippen molar-refractivity contribution in [2.45, 2.75) is 6.54 Å². The molecule has 1 amide bonds. The van der Waals surface area contributed by atoms with E-state index in [4.69, 9.17) is 4.42 Å². The van der Waals surface area contributed by atoms with Gasteiger partial charge in [-0.05, 0) is 36.4 Å². The molecule has 0 saturated carbocycles. The highest BCUT2D eigenvalue weighted by molar-refractivity contribution is 9.10. The fourth-order valence-corrected chi connectivity index (χ4v) is 2.57. The number of amides is 1. The van der Waals surface area contributed by atoms with Gasteiger partial charge in [0.15, 0.2) is 0 Å². The number of carbonyl (C=O) groups is 1. The lowest BCUT2D eigenvalue weighted by atomic mass is 10.3. The van der Waals surface area contributed by atoms with Crippen molar-refractivity contribution in [1.82, 2.24) is 4.31 Å². The molecule has 1 aromatic heterocycles. The molecule has 1 heterocycles. The first-order valence-electron chi connectivity index (χ1n) is 6.99. The monoisotopic (exact) mass is 412 g/mol. The largest absolute Gasteiger partial charge is 0.460 e. The summed E-state index contributed by atoms with van der Waals surface area (Å²) in [5.41, 5.74) is 0.675. The second-order valence-electron chi connectivity index (χ2n) is 5.16. The third-order valence-electron chi connectivity index (χ3n) is 3.12. The van der Waals surface area contributed by atoms with Gasteiger partial charge in [-0.15, -0.1) is 0 Å². The Morgan fingerprint density at radius 2 is 2.08 bits per heavy atom. The second-order valence-corrected chi connectivity index (χ2v) is 8.16. The first kappa shape index (κ1) is 18.4. The normalized spacial score (nSPS) is 12.0. The van der Waals surface area contributed by atoms with Crippen molar-refractivity contribution in [3.8, 4) is 0 Å². The molecule has 0 saturated heterocycles. The van der Waals surface area contributed by atoms with Gasteiger partial charge in [0.25, 0.3) is 0 Å². The molecule has 0 unspecified atom stereocenters. The van der Waals surface area contributed by atoms with E-state index in [1.165, 1.54) is 23.5 Å². The number of hydrogen-bond donors (Lipinski definition) is 1. The number of hydrogen-bond acceptors (Lipinski definition) is 4. The highest BCUT2D eigenvalue weighted by atomic mass is 79.9. The smallest absolute Gasteiger partial charge is 0.248 e. The molecule has 0 radical (unpaired) electrons. The van der Waals surface area contributed by atoms with E-state index in [0.717, 1.165) is 10.7 Å². The summed E-state index contributed by atoms with van der Waals surface area (Å²) in [6, 6.07) is 10.6. The van der Waals surface area contributed by atoms with E-state index in [1.54, 1.807) is 24.3 Å². The Kier molecular flexibility index (Phi) is 5.98. The molecule has 128 valence electrons. The van der Waals surface area contributed by atoms with Crippen molar-refractivity contribution in [3.63, 3.8) is 0 Å². The van der Waals surface area contributed by atoms with Gasteiger partial charge in [0, 0.05) is 23.3 Å². The van der Waals surface area contributed by atoms with Crippen molar-refractivity contribution < 1.29 is 17.6 Å². The van der Waals surface area contributed by atoms with Gasteiger partial charge in [-0.2, -0.15) is 4.31 Å². The number of nitrogens with one attached hydrogen (secondary N) is 1. The molecule has 8 heteroatoms. The summed E-state index contributed by atoms with van der Waals surface area (Å²) in [6.07, 6.45) is 4.00. The molecule has 2 aromatic rings. The SMILES string of the molecule is CN(Cc1ccc(/C=C/C(=O)Nc2cccc(Br)c2)o1)S(C)(=O)=O. The van der Waals surface area contributed by atoms with Gasteiger partial charge in [-0.25, -0.2) is 8.42 Å². The van der Waals surface area contributed by atoms with E-state index in [0.29, 0.717) is 17.2 Å². The van der Waals surface area contributed by atoms with E-state index < -0.39 is 10.0 Å². The number of halogens is 1. The maximum atomic E-state index is 11.9. The van der Waals surface area contributed by atoms with Gasteiger partial charge < -0.3 is 9.73 Å². The fraction of sp³-hybridized carbons (Fsp3) is 0.188. The molecule has 1 N–H and O–H groups in total. The van der Waals surface area contributed by atoms with Crippen LogP contribution < -0.4 is 5.32 Å². The average molecular weight is 413 g/mol. The van der Waals surface area contributed by atoms with Crippen LogP contribution in [0.1, 0.15) is 11.5 Å². The zero-order valence-electron chi connectivity index (χ0n) is 13.2. The third-order valence-corrected chi connectivity index (χ3v) is 4.87. The number of furan rings is 1. The van der Waals surface area contributed by atoms with Gasteiger partial charge in [0.05, 0.1) is 12.8 Å². The summed E-state index contributed by atoms with van der Waals surface area (Å²) < 4.78 is 30.3. The standard InChI is InChI=1S/C16H17BrN2O4S/c1-19(24(2,21)22)11-15-7-6-14(23-15)8-9-16(20)18-13-5-3-4-12(17)10-13/h3-10H,11H2,1-2H3,(H,18,20)/b9-8+. The molecule has 24 heavy (non-hydrogen) atoms. The van der Waals surface area contributed by atoms with Crippen LogP contribution in [0.15, 0.2) is 51.4 Å². The van der Waals surface area contributed by atoms with Crippen molar-refractivity contribution in [2.24, 2.45) is 0 Å². The minimum absolute atomic E-state index is 0.136. The maximum Gasteiger partial charge on any atom is 0.248 e. The van der Waals surface area contributed by atoms with Crippen molar-refractivity contribution >= 4 is 43.6 Å². The van der Waals surface area contributed by atoms with Gasteiger partial charge >= 0.3 is 0 Å². The minimum Gasteiger partial charge on any atom is -0.460 e. The van der Waals surface area contributed by atoms with E-state index in [2.05, 4.69) is 21.2 Å². The van der Waals surface area contributed by atoms with Gasteiger partial charge in [-0.1, -0.05) is 22.0 Å². The molecule has 0 aliphatic rings. The number of rotatable bonds is 6. The molecule has 0 fully saturated rings. The minimum atomic E-state index is -3.27. The summed E-state index contributed by atoms with van der Waals surface area (Å²) >= 11 is 3.33. The molecular weight excluding hydrogens is 396 g/mol. The van der Waals surface area contributed by atoms with Crippen LogP contribution >= 0.6 is 15.9 Å². The zero-order valence-corrected chi connectivity index (χ0v) is 15.6. The Morgan fingerprint density at radius 3 is 2.75 bits per heavy atom. The van der Waals surface area contributed by atoms with E-state index in [-0.39, 0.29) is 12.5 Å². The number of nitrogens with zero attached hydrogens (tertiary/aromatic N) is 1. The Labute approximate surface area is 149 Å². The first-order chi connectivity index (χ1) is 11.2. The summed E-state index contributed by atoms with van der Waals surface area (Å²) in [5, 5.41) is 2.73. The van der Waals surface area contributed by atoms with Crippen molar-refractivity contribution in [1.29, 1.82) is 0 Å². The fourth-order valence-electron chi connectivity index (χ4n) is 1.81. The predicted octanol–water partition coefficient (Wildman–Crippen LogP) is 3.09. The van der Waals surface area contributed by atoms with E-state index in [9.17, 15) is 13.2 Å². The van der Waals surface area contributed by atoms with Crippen LogP contribution in [0, 0.1) is 0 Å². The summed E-state index contributed by atoms with van der Waals surface area (Å²) in [5.74, 6) is 0.672. The lowest BCUT2D eigenvalue weighted by molar-refractivity contribution is -0.111. The molecular formula is C16H17BrN2O4S. The molecule has 0 spiro atoms. The van der Waals surface area contributed by atoms with Crippen LogP contribution in [0.25, 0.3) is 6.08 Å². The molecule has 0 aliphatic heterocycles. The van der Waals surface area contributed by atoms with E-state index in [1.807, 2.05) is 12.1 Å². The molecule has 0 bridgehead atoms. The van der Waals surface area contributed by atoms with Crippen molar-refractivity contribution in [2.75, 3.05) is 18.6 Å². The molecule has 0 atom stereocenters. The van der Waals surface area contributed by atoms with Crippen molar-refractivity contribution in [3.05, 3.63) is 58.5 Å². The molecule has 0 aliphatic carbocycles. The lowest BCUT2D eigenvalue weighted by Gasteiger charge is -2.11. The van der Waals surface area contributed by atoms with E-state index >= 15 is 0 Å². The maximum absolute atomic E-state index is 11.9. The molecule has 6 nitrogen and oxygen atoms in total. The average Bonchev–Trinajstić information content (AvgIpc) is 2.92. The van der Waals surface area contributed by atoms with Crippen LogP contribution in [-0.4, -0.2) is 31.9 Å². The van der Waals surface area contributed by atoms with Crippen LogP contribution in [0.2, 0.25) is 0 Å². The summed E-state index contributed by atoms with van der Waals surface area (Å²) in [4.78, 5) is 11.9. The molecule has 2 rings (SSSR count). The Bertz CT molecular complexity index is 858. The number of anilines is 1. The number of carbonyl (C=O) groups excluding carboxylic acids is 1.